The highest BCUT2D eigenvalue weighted by atomic mass is 16.3. The summed E-state index contributed by atoms with van der Waals surface area (Å²) >= 11 is 0. The van der Waals surface area contributed by atoms with Crippen molar-refractivity contribution in [1.29, 1.82) is 0 Å². The first-order chi connectivity index (χ1) is 18.7. The van der Waals surface area contributed by atoms with Crippen molar-refractivity contribution in [1.82, 2.24) is 9.97 Å². The third-order valence-electron chi connectivity index (χ3n) is 6.93. The number of rotatable bonds is 4. The Morgan fingerprint density at radius 3 is 1.76 bits per heavy atom. The first-order valence-electron chi connectivity index (χ1n) is 12.7. The van der Waals surface area contributed by atoms with Crippen LogP contribution in [0.2, 0.25) is 0 Å². The predicted octanol–water partition coefficient (Wildman–Crippen LogP) is 9.35. The van der Waals surface area contributed by atoms with E-state index in [1.165, 1.54) is 0 Å². The van der Waals surface area contributed by atoms with Gasteiger partial charge in [0.2, 0.25) is 0 Å². The zero-order valence-corrected chi connectivity index (χ0v) is 20.9. The number of aryl methyl sites for hydroxylation is 1. The zero-order valence-electron chi connectivity index (χ0n) is 20.9. The van der Waals surface area contributed by atoms with E-state index in [1.54, 1.807) is 0 Å². The fraction of sp³-hybridized carbons (Fsp3) is 0.0286. The minimum atomic E-state index is 0.708. The molecule has 38 heavy (non-hydrogen) atoms. The highest BCUT2D eigenvalue weighted by molar-refractivity contribution is 6.05. The summed E-state index contributed by atoms with van der Waals surface area (Å²) < 4.78 is 6.15. The van der Waals surface area contributed by atoms with Gasteiger partial charge in [0.25, 0.3) is 0 Å². The number of fused-ring (bicyclic) bond motifs is 3. The summed E-state index contributed by atoms with van der Waals surface area (Å²) in [6.07, 6.45) is 0. The number of hydrogen-bond acceptors (Lipinski definition) is 3. The normalized spacial score (nSPS) is 11.3. The molecule has 5 aromatic carbocycles. The van der Waals surface area contributed by atoms with Gasteiger partial charge in [-0.1, -0.05) is 84.9 Å². The molecule has 0 saturated heterocycles. The Balaban J connectivity index is 1.38. The molecule has 180 valence electrons. The maximum absolute atomic E-state index is 6.15. The van der Waals surface area contributed by atoms with Crippen LogP contribution in [0.1, 0.15) is 5.69 Å². The molecule has 3 heteroatoms. The minimum Gasteiger partial charge on any atom is -0.456 e. The van der Waals surface area contributed by atoms with Crippen molar-refractivity contribution in [3.8, 4) is 44.9 Å². The van der Waals surface area contributed by atoms with Gasteiger partial charge in [0.05, 0.1) is 5.69 Å². The number of para-hydroxylation sites is 1. The van der Waals surface area contributed by atoms with Gasteiger partial charge < -0.3 is 4.42 Å². The van der Waals surface area contributed by atoms with E-state index in [1.807, 2.05) is 43.3 Å². The fourth-order valence-corrected chi connectivity index (χ4v) is 5.08. The quantitative estimate of drug-likeness (QED) is 0.248. The summed E-state index contributed by atoms with van der Waals surface area (Å²) in [6.45, 7) is 2.02. The van der Waals surface area contributed by atoms with E-state index in [9.17, 15) is 0 Å². The molecule has 0 atom stereocenters. The highest BCUT2D eigenvalue weighted by Gasteiger charge is 2.13. The maximum atomic E-state index is 6.15. The molecule has 0 aliphatic heterocycles. The topological polar surface area (TPSA) is 38.9 Å². The van der Waals surface area contributed by atoms with Crippen LogP contribution >= 0.6 is 0 Å². The van der Waals surface area contributed by atoms with Gasteiger partial charge >= 0.3 is 0 Å². The van der Waals surface area contributed by atoms with Gasteiger partial charge in [-0.15, -0.1) is 0 Å². The van der Waals surface area contributed by atoms with Gasteiger partial charge in [-0.25, -0.2) is 9.97 Å². The van der Waals surface area contributed by atoms with Crippen LogP contribution in [0.5, 0.6) is 0 Å². The van der Waals surface area contributed by atoms with Crippen LogP contribution in [0.15, 0.2) is 132 Å². The number of furan rings is 1. The van der Waals surface area contributed by atoms with E-state index in [0.717, 1.165) is 66.7 Å². The number of hydrogen-bond donors (Lipinski definition) is 0. The highest BCUT2D eigenvalue weighted by Crippen LogP contribution is 2.34. The van der Waals surface area contributed by atoms with Crippen molar-refractivity contribution in [2.75, 3.05) is 0 Å². The standard InChI is InChI=1S/C35H24N2O/c1-23-18-32(26-16-17-31-30-14-8-9-15-33(30)38-34(31)22-26)37-35(36-23)29-20-27(24-10-4-2-5-11-24)19-28(21-29)25-12-6-3-7-13-25/h2-22H,1H3. The lowest BCUT2D eigenvalue weighted by molar-refractivity contribution is 0.669. The van der Waals surface area contributed by atoms with E-state index < -0.39 is 0 Å². The maximum Gasteiger partial charge on any atom is 0.160 e. The van der Waals surface area contributed by atoms with Crippen LogP contribution in [0, 0.1) is 6.92 Å². The van der Waals surface area contributed by atoms with Crippen LogP contribution in [0.25, 0.3) is 66.8 Å². The molecule has 0 fully saturated rings. The summed E-state index contributed by atoms with van der Waals surface area (Å²) in [6, 6.07) is 44.0. The molecule has 0 spiro atoms. The van der Waals surface area contributed by atoms with Crippen molar-refractivity contribution in [2.45, 2.75) is 6.92 Å². The summed E-state index contributed by atoms with van der Waals surface area (Å²) in [7, 11) is 0. The molecular weight excluding hydrogens is 464 g/mol. The van der Waals surface area contributed by atoms with Gasteiger partial charge in [-0.05, 0) is 71.6 Å². The molecule has 0 amide bonds. The van der Waals surface area contributed by atoms with E-state index in [4.69, 9.17) is 14.4 Å². The second-order valence-electron chi connectivity index (χ2n) is 9.56. The average molecular weight is 489 g/mol. The molecule has 0 radical (unpaired) electrons. The van der Waals surface area contributed by atoms with Gasteiger partial charge in [-0.3, -0.25) is 0 Å². The Bertz CT molecular complexity index is 1860. The molecule has 0 aliphatic rings. The largest absolute Gasteiger partial charge is 0.456 e. The molecule has 0 saturated carbocycles. The van der Waals surface area contributed by atoms with Gasteiger partial charge in [0.15, 0.2) is 5.82 Å². The minimum absolute atomic E-state index is 0.708. The van der Waals surface area contributed by atoms with Gasteiger partial charge in [0.1, 0.15) is 11.2 Å². The Morgan fingerprint density at radius 2 is 1.05 bits per heavy atom. The Kier molecular flexibility index (Phi) is 5.33. The summed E-state index contributed by atoms with van der Waals surface area (Å²) in [5, 5.41) is 2.23. The molecule has 3 nitrogen and oxygen atoms in total. The summed E-state index contributed by atoms with van der Waals surface area (Å²) in [5.41, 5.74) is 10.1. The molecule has 0 unspecified atom stereocenters. The summed E-state index contributed by atoms with van der Waals surface area (Å²) in [4.78, 5) is 9.91. The van der Waals surface area contributed by atoms with Gasteiger partial charge in [0, 0.05) is 27.6 Å². The molecule has 7 aromatic rings. The average Bonchev–Trinajstić information content (AvgIpc) is 3.35. The van der Waals surface area contributed by atoms with Crippen molar-refractivity contribution in [2.24, 2.45) is 0 Å². The molecular formula is C35H24N2O. The van der Waals surface area contributed by atoms with Gasteiger partial charge in [-0.2, -0.15) is 0 Å². The van der Waals surface area contributed by atoms with Crippen LogP contribution < -0.4 is 0 Å². The zero-order chi connectivity index (χ0) is 25.5. The Labute approximate surface area is 221 Å². The Morgan fingerprint density at radius 1 is 0.447 bits per heavy atom. The third kappa shape index (κ3) is 4.04. The van der Waals surface area contributed by atoms with Crippen LogP contribution in [-0.4, -0.2) is 9.97 Å². The van der Waals surface area contributed by atoms with Crippen molar-refractivity contribution >= 4 is 21.9 Å². The molecule has 2 heterocycles. The molecule has 0 bridgehead atoms. The third-order valence-corrected chi connectivity index (χ3v) is 6.93. The molecule has 0 N–H and O–H groups in total. The number of benzene rings is 5. The van der Waals surface area contributed by atoms with Crippen molar-refractivity contribution in [3.05, 3.63) is 133 Å². The lowest BCUT2D eigenvalue weighted by atomic mass is 9.95. The summed E-state index contributed by atoms with van der Waals surface area (Å²) in [5.74, 6) is 0.708. The van der Waals surface area contributed by atoms with E-state index in [2.05, 4.69) is 91.0 Å². The predicted molar refractivity (Wildman–Crippen MR) is 156 cm³/mol. The Hall–Kier alpha value is -5.02. The first kappa shape index (κ1) is 22.2. The monoisotopic (exact) mass is 488 g/mol. The number of nitrogens with zero attached hydrogens (tertiary/aromatic N) is 2. The van der Waals surface area contributed by atoms with E-state index >= 15 is 0 Å². The molecule has 7 rings (SSSR count). The lowest BCUT2D eigenvalue weighted by Crippen LogP contribution is -1.96. The second-order valence-corrected chi connectivity index (χ2v) is 9.56. The SMILES string of the molecule is Cc1cc(-c2ccc3c(c2)oc2ccccc23)nc(-c2cc(-c3ccccc3)cc(-c3ccccc3)c2)n1. The molecule has 0 aliphatic carbocycles. The van der Waals surface area contributed by atoms with Crippen molar-refractivity contribution in [3.63, 3.8) is 0 Å². The first-order valence-corrected chi connectivity index (χ1v) is 12.7. The van der Waals surface area contributed by atoms with Crippen LogP contribution in [0.3, 0.4) is 0 Å². The van der Waals surface area contributed by atoms with Crippen LogP contribution in [-0.2, 0) is 0 Å². The lowest BCUT2D eigenvalue weighted by Gasteiger charge is -2.12. The second kappa shape index (κ2) is 9.13. The fourth-order valence-electron chi connectivity index (χ4n) is 5.08. The number of aromatic nitrogens is 2. The molecule has 2 aromatic heterocycles. The smallest absolute Gasteiger partial charge is 0.160 e. The van der Waals surface area contributed by atoms with E-state index in [-0.39, 0.29) is 0 Å². The van der Waals surface area contributed by atoms with Crippen molar-refractivity contribution < 1.29 is 4.42 Å². The van der Waals surface area contributed by atoms with Crippen LogP contribution in [0.4, 0.5) is 0 Å². The van der Waals surface area contributed by atoms with E-state index in [0.29, 0.717) is 5.82 Å².